The van der Waals surface area contributed by atoms with E-state index in [0.717, 1.165) is 45.0 Å². The minimum Gasteiger partial charge on any atom is -0.493 e. The molecule has 0 saturated heterocycles. The minimum absolute atomic E-state index is 0.0198. The van der Waals surface area contributed by atoms with Crippen LogP contribution in [-0.4, -0.2) is 47.1 Å². The summed E-state index contributed by atoms with van der Waals surface area (Å²) in [5.74, 6) is -0.0510. The number of benzene rings is 2. The van der Waals surface area contributed by atoms with Crippen LogP contribution < -0.4 is 4.74 Å². The van der Waals surface area contributed by atoms with E-state index in [0.29, 0.717) is 13.0 Å². The Morgan fingerprint density at radius 3 is 2.59 bits per heavy atom. The van der Waals surface area contributed by atoms with Gasteiger partial charge in [-0.25, -0.2) is 4.39 Å². The molecule has 0 bridgehead atoms. The van der Waals surface area contributed by atoms with Gasteiger partial charge in [-0.1, -0.05) is 50.3 Å². The van der Waals surface area contributed by atoms with Gasteiger partial charge < -0.3 is 19.7 Å². The second-order valence-corrected chi connectivity index (χ2v) is 9.47. The maximum Gasteiger partial charge on any atom is 0.308 e. The van der Waals surface area contributed by atoms with Gasteiger partial charge in [0.15, 0.2) is 0 Å². The highest BCUT2D eigenvalue weighted by Crippen LogP contribution is 2.42. The van der Waals surface area contributed by atoms with Crippen LogP contribution in [0.3, 0.4) is 0 Å². The van der Waals surface area contributed by atoms with Crippen molar-refractivity contribution in [3.8, 4) is 28.1 Å². The number of esters is 1. The van der Waals surface area contributed by atoms with E-state index in [2.05, 4.69) is 18.6 Å². The van der Waals surface area contributed by atoms with E-state index in [1.807, 2.05) is 30.3 Å². The molecule has 2 heterocycles. The molecule has 0 fully saturated rings. The number of halogens is 1. The largest absolute Gasteiger partial charge is 0.493 e. The summed E-state index contributed by atoms with van der Waals surface area (Å²) in [5.41, 5.74) is 6.12. The molecular weight excluding hydrogens is 473 g/mol. The van der Waals surface area contributed by atoms with E-state index in [4.69, 9.17) is 9.72 Å². The number of hydrogen-bond donors (Lipinski definition) is 2. The van der Waals surface area contributed by atoms with Crippen molar-refractivity contribution in [2.75, 3.05) is 13.7 Å². The number of methoxy groups -OCH3 is 1. The molecule has 1 aromatic heterocycles. The fraction of sp³-hybridized carbons (Fsp3) is 0.333. The molecule has 2 aromatic carbocycles. The van der Waals surface area contributed by atoms with Gasteiger partial charge in [0.1, 0.15) is 11.6 Å². The third kappa shape index (κ3) is 6.06. The minimum atomic E-state index is -1.04. The second kappa shape index (κ2) is 11.7. The van der Waals surface area contributed by atoms with E-state index in [1.165, 1.54) is 19.2 Å². The third-order valence-corrected chi connectivity index (χ3v) is 6.43. The molecular formula is C30H32FNO5. The topological polar surface area (TPSA) is 88.9 Å². The number of ether oxygens (including phenoxy) is 2. The van der Waals surface area contributed by atoms with Gasteiger partial charge in [-0.2, -0.15) is 0 Å². The van der Waals surface area contributed by atoms with Crippen LogP contribution in [0, 0.1) is 5.82 Å². The Bertz CT molecular complexity index is 1290. The molecule has 2 atom stereocenters. The summed E-state index contributed by atoms with van der Waals surface area (Å²) in [5, 5.41) is 20.8. The number of pyridine rings is 1. The van der Waals surface area contributed by atoms with Crippen molar-refractivity contribution in [3.05, 3.63) is 77.2 Å². The Morgan fingerprint density at radius 2 is 1.89 bits per heavy atom. The summed E-state index contributed by atoms with van der Waals surface area (Å²) in [7, 11) is 1.25. The van der Waals surface area contributed by atoms with E-state index in [1.54, 1.807) is 18.2 Å². The standard InChI is InChI=1S/C30H32FNO5/c1-18(2)29-24(13-12-21(33)16-22(34)17-27(35)36-3)28(19-8-10-20(31)11-9-19)25-14-15-37-26-7-5-4-6-23(26)30(25)32-29/h4-13,18,21-22,33-34H,14-17H2,1-3H3/b13-12+/t21-,22-/m1/s1. The lowest BCUT2D eigenvalue weighted by molar-refractivity contribution is -0.143. The van der Waals surface area contributed by atoms with E-state index >= 15 is 0 Å². The number of carbonyl (C=O) groups is 1. The number of hydrogen-bond acceptors (Lipinski definition) is 6. The number of carbonyl (C=O) groups excluding carboxylic acids is 1. The van der Waals surface area contributed by atoms with Crippen molar-refractivity contribution in [2.45, 2.75) is 51.2 Å². The average Bonchev–Trinajstić information content (AvgIpc) is 3.06. The fourth-order valence-corrected chi connectivity index (χ4v) is 4.65. The molecule has 1 aliphatic rings. The molecule has 0 saturated carbocycles. The molecule has 194 valence electrons. The van der Waals surface area contributed by atoms with Gasteiger partial charge in [-0.05, 0) is 46.9 Å². The number of para-hydroxylation sites is 1. The highest BCUT2D eigenvalue weighted by molar-refractivity contribution is 5.86. The zero-order chi connectivity index (χ0) is 26.5. The molecule has 1 aliphatic heterocycles. The molecule has 0 spiro atoms. The molecule has 6 nitrogen and oxygen atoms in total. The van der Waals surface area contributed by atoms with Crippen molar-refractivity contribution in [3.63, 3.8) is 0 Å². The van der Waals surface area contributed by atoms with Crippen LogP contribution >= 0.6 is 0 Å². The molecule has 7 heteroatoms. The molecule has 37 heavy (non-hydrogen) atoms. The maximum absolute atomic E-state index is 13.9. The third-order valence-electron chi connectivity index (χ3n) is 6.43. The van der Waals surface area contributed by atoms with Gasteiger partial charge in [-0.3, -0.25) is 9.78 Å². The van der Waals surface area contributed by atoms with Gasteiger partial charge in [-0.15, -0.1) is 0 Å². The van der Waals surface area contributed by atoms with Crippen LogP contribution in [0.2, 0.25) is 0 Å². The van der Waals surface area contributed by atoms with Gasteiger partial charge >= 0.3 is 5.97 Å². The lowest BCUT2D eigenvalue weighted by Crippen LogP contribution is -2.20. The van der Waals surface area contributed by atoms with Gasteiger partial charge in [0.25, 0.3) is 0 Å². The zero-order valence-electron chi connectivity index (χ0n) is 21.3. The number of aliphatic hydroxyl groups excluding tert-OH is 2. The molecule has 0 amide bonds. The average molecular weight is 506 g/mol. The van der Waals surface area contributed by atoms with Crippen LogP contribution in [0.25, 0.3) is 28.5 Å². The smallest absolute Gasteiger partial charge is 0.308 e. The fourth-order valence-electron chi connectivity index (χ4n) is 4.65. The molecule has 0 unspecified atom stereocenters. The number of nitrogens with zero attached hydrogens (tertiary/aromatic N) is 1. The normalized spacial score (nSPS) is 14.5. The first-order chi connectivity index (χ1) is 17.8. The Labute approximate surface area is 216 Å². The van der Waals surface area contributed by atoms with Crippen molar-refractivity contribution in [2.24, 2.45) is 0 Å². The Kier molecular flexibility index (Phi) is 8.36. The summed E-state index contributed by atoms with van der Waals surface area (Å²) in [4.78, 5) is 16.6. The maximum atomic E-state index is 13.9. The second-order valence-electron chi connectivity index (χ2n) is 9.47. The van der Waals surface area contributed by atoms with Crippen LogP contribution in [-0.2, 0) is 16.0 Å². The summed E-state index contributed by atoms with van der Waals surface area (Å²) in [6.07, 6.45) is 1.77. The first-order valence-corrected chi connectivity index (χ1v) is 12.4. The Morgan fingerprint density at radius 1 is 1.16 bits per heavy atom. The highest BCUT2D eigenvalue weighted by Gasteiger charge is 2.26. The Hall–Kier alpha value is -3.55. The first-order valence-electron chi connectivity index (χ1n) is 12.4. The lowest BCUT2D eigenvalue weighted by atomic mass is 9.86. The van der Waals surface area contributed by atoms with Crippen molar-refractivity contribution in [1.29, 1.82) is 0 Å². The predicted molar refractivity (Wildman–Crippen MR) is 141 cm³/mol. The summed E-state index contributed by atoms with van der Waals surface area (Å²) in [6, 6.07) is 14.2. The number of aliphatic hydroxyl groups is 2. The van der Waals surface area contributed by atoms with Gasteiger partial charge in [0, 0.05) is 24.0 Å². The predicted octanol–water partition coefficient (Wildman–Crippen LogP) is 5.30. The van der Waals surface area contributed by atoms with Crippen LogP contribution in [0.1, 0.15) is 49.4 Å². The SMILES string of the molecule is COC(=O)C[C@H](O)C[C@H](O)/C=C/c1c(C(C)C)nc2c(c1-c1ccc(F)cc1)CCOc1ccccc1-2. The summed E-state index contributed by atoms with van der Waals surface area (Å²) < 4.78 is 24.5. The quantitative estimate of drug-likeness (QED) is 0.404. The number of rotatable bonds is 8. The highest BCUT2D eigenvalue weighted by atomic mass is 19.1. The number of fused-ring (bicyclic) bond motifs is 3. The number of aromatic nitrogens is 1. The van der Waals surface area contributed by atoms with E-state index in [9.17, 15) is 19.4 Å². The monoisotopic (exact) mass is 505 g/mol. The van der Waals surface area contributed by atoms with Crippen molar-refractivity contribution < 1.29 is 28.9 Å². The van der Waals surface area contributed by atoms with Crippen molar-refractivity contribution in [1.82, 2.24) is 4.98 Å². The van der Waals surface area contributed by atoms with Crippen molar-refractivity contribution >= 4 is 12.0 Å². The van der Waals surface area contributed by atoms with Gasteiger partial charge in [0.05, 0.1) is 43.7 Å². The molecule has 2 N–H and O–H groups in total. The lowest BCUT2D eigenvalue weighted by Gasteiger charge is -2.21. The Balaban J connectivity index is 1.86. The molecule has 0 radical (unpaired) electrons. The van der Waals surface area contributed by atoms with E-state index < -0.39 is 18.2 Å². The van der Waals surface area contributed by atoms with E-state index in [-0.39, 0.29) is 24.6 Å². The molecule has 4 rings (SSSR count). The summed E-state index contributed by atoms with van der Waals surface area (Å²) in [6.45, 7) is 4.57. The van der Waals surface area contributed by atoms with Gasteiger partial charge in [0.2, 0.25) is 0 Å². The van der Waals surface area contributed by atoms with Crippen LogP contribution in [0.4, 0.5) is 4.39 Å². The van der Waals surface area contributed by atoms with Crippen LogP contribution in [0.5, 0.6) is 5.75 Å². The molecule has 0 aliphatic carbocycles. The summed E-state index contributed by atoms with van der Waals surface area (Å²) >= 11 is 0. The van der Waals surface area contributed by atoms with Crippen LogP contribution in [0.15, 0.2) is 54.6 Å². The zero-order valence-corrected chi connectivity index (χ0v) is 21.3. The molecule has 3 aromatic rings. The first kappa shape index (κ1) is 26.5.